The maximum Gasteiger partial charge on any atom is 0.137 e. The van der Waals surface area contributed by atoms with E-state index in [1.807, 2.05) is 12.1 Å². The van der Waals surface area contributed by atoms with E-state index in [0.29, 0.717) is 17.4 Å². The fourth-order valence-corrected chi connectivity index (χ4v) is 1.37. The van der Waals surface area contributed by atoms with Crippen LogP contribution in [-0.4, -0.2) is 12.8 Å². The van der Waals surface area contributed by atoms with E-state index in [9.17, 15) is 0 Å². The minimum absolute atomic E-state index is 0.587. The predicted octanol–water partition coefficient (Wildman–Crippen LogP) is 2.81. The van der Waals surface area contributed by atoms with Gasteiger partial charge in [-0.2, -0.15) is 5.10 Å². The summed E-state index contributed by atoms with van der Waals surface area (Å²) in [7, 11) is 0. The summed E-state index contributed by atoms with van der Waals surface area (Å²) in [5.74, 6) is 5.75. The molecule has 4 heteroatoms. The van der Waals surface area contributed by atoms with Crippen molar-refractivity contribution in [1.82, 2.24) is 0 Å². The molecule has 0 fully saturated rings. The summed E-state index contributed by atoms with van der Waals surface area (Å²) in [6.07, 6.45) is 3.68. The van der Waals surface area contributed by atoms with Crippen LogP contribution in [0.5, 0.6) is 5.75 Å². The molecule has 0 aromatic heterocycles. The molecule has 82 valence electrons. The molecule has 0 saturated heterocycles. The van der Waals surface area contributed by atoms with Gasteiger partial charge in [-0.25, -0.2) is 0 Å². The Hall–Kier alpha value is -1.22. The Labute approximate surface area is 94.9 Å². The Balaban J connectivity index is 2.66. The highest BCUT2D eigenvalue weighted by Crippen LogP contribution is 2.25. The molecule has 0 atom stereocenters. The molecule has 2 N–H and O–H groups in total. The molecule has 0 spiro atoms. The summed E-state index contributed by atoms with van der Waals surface area (Å²) in [5.41, 5.74) is 0.866. The summed E-state index contributed by atoms with van der Waals surface area (Å²) in [6.45, 7) is 2.81. The van der Waals surface area contributed by atoms with Crippen LogP contribution in [0.15, 0.2) is 23.3 Å². The van der Waals surface area contributed by atoms with Crippen LogP contribution in [0, 0.1) is 0 Å². The predicted molar refractivity (Wildman–Crippen MR) is 63.6 cm³/mol. The van der Waals surface area contributed by atoms with Crippen molar-refractivity contribution in [2.75, 3.05) is 6.61 Å². The normalized spacial score (nSPS) is 10.8. The second kappa shape index (κ2) is 6.30. The van der Waals surface area contributed by atoms with Crippen LogP contribution in [0.3, 0.4) is 0 Å². The molecule has 0 bridgehead atoms. The average Bonchev–Trinajstić information content (AvgIpc) is 2.22. The van der Waals surface area contributed by atoms with Crippen LogP contribution in [0.4, 0.5) is 0 Å². The van der Waals surface area contributed by atoms with Crippen molar-refractivity contribution >= 4 is 17.8 Å². The van der Waals surface area contributed by atoms with Gasteiger partial charge in [-0.1, -0.05) is 24.9 Å². The van der Waals surface area contributed by atoms with E-state index in [2.05, 4.69) is 12.0 Å². The van der Waals surface area contributed by atoms with Crippen molar-refractivity contribution in [2.45, 2.75) is 19.8 Å². The number of ether oxygens (including phenoxy) is 1. The van der Waals surface area contributed by atoms with Crippen LogP contribution in [0.2, 0.25) is 5.02 Å². The summed E-state index contributed by atoms with van der Waals surface area (Å²) >= 11 is 6.02. The Bertz CT molecular complexity index is 339. The zero-order valence-corrected chi connectivity index (χ0v) is 9.50. The van der Waals surface area contributed by atoms with Gasteiger partial charge in [0.05, 0.1) is 17.8 Å². The first-order chi connectivity index (χ1) is 7.27. The van der Waals surface area contributed by atoms with Gasteiger partial charge in [0.25, 0.3) is 0 Å². The second-order valence-corrected chi connectivity index (χ2v) is 3.58. The maximum absolute atomic E-state index is 6.02. The molecule has 0 aliphatic heterocycles. The van der Waals surface area contributed by atoms with Gasteiger partial charge < -0.3 is 10.6 Å². The molecule has 1 rings (SSSR count). The second-order valence-electron chi connectivity index (χ2n) is 3.17. The van der Waals surface area contributed by atoms with Crippen LogP contribution < -0.4 is 10.6 Å². The quantitative estimate of drug-likeness (QED) is 0.363. The Morgan fingerprint density at radius 3 is 2.93 bits per heavy atom. The first-order valence-electron chi connectivity index (χ1n) is 4.93. The molecule has 3 nitrogen and oxygen atoms in total. The van der Waals surface area contributed by atoms with Gasteiger partial charge in [0.1, 0.15) is 5.75 Å². The number of hydrogen-bond acceptors (Lipinski definition) is 3. The van der Waals surface area contributed by atoms with E-state index in [1.165, 1.54) is 0 Å². The third kappa shape index (κ3) is 3.80. The molecule has 0 radical (unpaired) electrons. The van der Waals surface area contributed by atoms with Crippen LogP contribution >= 0.6 is 11.6 Å². The van der Waals surface area contributed by atoms with Gasteiger partial charge in [0.15, 0.2) is 0 Å². The van der Waals surface area contributed by atoms with E-state index >= 15 is 0 Å². The van der Waals surface area contributed by atoms with Crippen molar-refractivity contribution in [3.8, 4) is 5.75 Å². The zero-order chi connectivity index (χ0) is 11.1. The number of nitrogens with two attached hydrogens (primary N) is 1. The number of halogens is 1. The molecule has 0 saturated carbocycles. The molecular formula is C11H15ClN2O. The lowest BCUT2D eigenvalue weighted by atomic mass is 10.2. The largest absolute Gasteiger partial charge is 0.492 e. The van der Waals surface area contributed by atoms with Crippen LogP contribution in [0.25, 0.3) is 0 Å². The van der Waals surface area contributed by atoms with Crippen molar-refractivity contribution in [2.24, 2.45) is 10.9 Å². The summed E-state index contributed by atoms with van der Waals surface area (Å²) in [5, 5.41) is 4.01. The van der Waals surface area contributed by atoms with E-state index in [4.69, 9.17) is 22.2 Å². The van der Waals surface area contributed by atoms with E-state index < -0.39 is 0 Å². The zero-order valence-electron chi connectivity index (χ0n) is 8.74. The minimum atomic E-state index is 0.587. The first kappa shape index (κ1) is 11.9. The lowest BCUT2D eigenvalue weighted by Crippen LogP contribution is -1.97. The molecule has 0 aliphatic carbocycles. The third-order valence-electron chi connectivity index (χ3n) is 1.93. The maximum atomic E-state index is 6.02. The Kier molecular flexibility index (Phi) is 4.98. The Morgan fingerprint density at radius 1 is 1.53 bits per heavy atom. The summed E-state index contributed by atoms with van der Waals surface area (Å²) in [6, 6.07) is 5.47. The highest BCUT2D eigenvalue weighted by Gasteiger charge is 2.01. The third-order valence-corrected chi connectivity index (χ3v) is 2.23. The molecule has 1 aromatic rings. The summed E-state index contributed by atoms with van der Waals surface area (Å²) in [4.78, 5) is 0. The van der Waals surface area contributed by atoms with E-state index in [1.54, 1.807) is 12.3 Å². The van der Waals surface area contributed by atoms with Gasteiger partial charge in [-0.3, -0.25) is 0 Å². The van der Waals surface area contributed by atoms with Gasteiger partial charge in [-0.15, -0.1) is 0 Å². The lowest BCUT2D eigenvalue weighted by molar-refractivity contribution is 0.309. The fourth-order valence-electron chi connectivity index (χ4n) is 1.13. The van der Waals surface area contributed by atoms with Crippen LogP contribution in [-0.2, 0) is 0 Å². The standard InChI is InChI=1S/C11H15ClN2O/c1-2-3-6-15-11-5-4-9(8-14-13)7-10(11)12/h4-5,7-8H,2-3,6,13H2,1H3. The number of nitrogens with zero attached hydrogens (tertiary/aromatic N) is 1. The van der Waals surface area contributed by atoms with Gasteiger partial charge in [0, 0.05) is 0 Å². The molecule has 0 aliphatic rings. The molecule has 15 heavy (non-hydrogen) atoms. The van der Waals surface area contributed by atoms with Crippen molar-refractivity contribution < 1.29 is 4.74 Å². The number of hydrogen-bond donors (Lipinski definition) is 1. The van der Waals surface area contributed by atoms with Gasteiger partial charge >= 0.3 is 0 Å². The number of hydrazone groups is 1. The minimum Gasteiger partial charge on any atom is -0.492 e. The molecule has 1 aromatic carbocycles. The SMILES string of the molecule is CCCCOc1ccc(C=NN)cc1Cl. The smallest absolute Gasteiger partial charge is 0.137 e. The van der Waals surface area contributed by atoms with E-state index in [-0.39, 0.29) is 0 Å². The van der Waals surface area contributed by atoms with Gasteiger partial charge in [-0.05, 0) is 30.2 Å². The molecular weight excluding hydrogens is 212 g/mol. The lowest BCUT2D eigenvalue weighted by Gasteiger charge is -2.07. The average molecular weight is 227 g/mol. The summed E-state index contributed by atoms with van der Waals surface area (Å²) < 4.78 is 5.50. The first-order valence-corrected chi connectivity index (χ1v) is 5.31. The highest BCUT2D eigenvalue weighted by atomic mass is 35.5. The Morgan fingerprint density at radius 2 is 2.33 bits per heavy atom. The van der Waals surface area contributed by atoms with Crippen molar-refractivity contribution in [3.63, 3.8) is 0 Å². The monoisotopic (exact) mass is 226 g/mol. The van der Waals surface area contributed by atoms with E-state index in [0.717, 1.165) is 18.4 Å². The van der Waals surface area contributed by atoms with Crippen molar-refractivity contribution in [1.29, 1.82) is 0 Å². The topological polar surface area (TPSA) is 47.6 Å². The molecule has 0 heterocycles. The fraction of sp³-hybridized carbons (Fsp3) is 0.364. The molecule has 0 amide bonds. The van der Waals surface area contributed by atoms with Gasteiger partial charge in [0.2, 0.25) is 0 Å². The highest BCUT2D eigenvalue weighted by molar-refractivity contribution is 6.32. The number of unbranched alkanes of at least 4 members (excludes halogenated alkanes) is 1. The number of rotatable bonds is 5. The van der Waals surface area contributed by atoms with Crippen LogP contribution in [0.1, 0.15) is 25.3 Å². The molecule has 0 unspecified atom stereocenters. The van der Waals surface area contributed by atoms with Crippen molar-refractivity contribution in [3.05, 3.63) is 28.8 Å². The number of benzene rings is 1.